The molecule has 0 saturated heterocycles. The average molecular weight is 656 g/mol. The maximum atomic E-state index is 13.3. The van der Waals surface area contributed by atoms with Gasteiger partial charge in [-0.05, 0) is 18.3 Å². The largest absolute Gasteiger partial charge is 0.480 e. The molecule has 0 aliphatic rings. The van der Waals surface area contributed by atoms with E-state index in [1.54, 1.807) is 13.8 Å². The second-order valence-electron chi connectivity index (χ2n) is 11.4. The quantitative estimate of drug-likeness (QED) is 0.0632. The van der Waals surface area contributed by atoms with Gasteiger partial charge in [-0.3, -0.25) is 28.8 Å². The number of imidazole rings is 1. The Hall–Kier alpha value is -4.62. The summed E-state index contributed by atoms with van der Waals surface area (Å²) < 4.78 is 0. The second kappa shape index (κ2) is 19.0. The fourth-order valence-corrected chi connectivity index (χ4v) is 4.10. The zero-order valence-electron chi connectivity index (χ0n) is 26.1. The van der Waals surface area contributed by atoms with Gasteiger partial charge in [0.15, 0.2) is 0 Å². The van der Waals surface area contributed by atoms with Crippen molar-refractivity contribution in [3.8, 4) is 0 Å². The molecule has 1 rings (SSSR count). The number of carboxylic acids is 1. The van der Waals surface area contributed by atoms with Crippen LogP contribution in [-0.4, -0.2) is 116 Å². The molecule has 1 aromatic heterocycles. The van der Waals surface area contributed by atoms with Gasteiger partial charge < -0.3 is 58.4 Å². The second-order valence-corrected chi connectivity index (χ2v) is 11.4. The van der Waals surface area contributed by atoms with Crippen LogP contribution in [0, 0.1) is 11.8 Å². The van der Waals surface area contributed by atoms with Gasteiger partial charge in [0.05, 0.1) is 32.0 Å². The molecule has 0 aliphatic carbocycles. The van der Waals surface area contributed by atoms with Crippen molar-refractivity contribution in [2.75, 3.05) is 13.2 Å². The van der Waals surface area contributed by atoms with E-state index < -0.39 is 103 Å². The molecule has 258 valence electrons. The van der Waals surface area contributed by atoms with Crippen molar-refractivity contribution in [3.05, 3.63) is 18.2 Å². The molecule has 0 fully saturated rings. The molecular weight excluding hydrogens is 610 g/mol. The molecule has 0 saturated carbocycles. The number of aromatic nitrogens is 2. The van der Waals surface area contributed by atoms with Crippen molar-refractivity contribution < 1.29 is 48.9 Å². The predicted octanol–water partition coefficient (Wildman–Crippen LogP) is -4.65. The number of carbonyl (C=O) groups is 7. The molecule has 0 bridgehead atoms. The lowest BCUT2D eigenvalue weighted by atomic mass is 9.99. The summed E-state index contributed by atoms with van der Waals surface area (Å²) in [7, 11) is 0. The van der Waals surface area contributed by atoms with Crippen LogP contribution in [0.5, 0.6) is 0 Å². The molecule has 13 N–H and O–H groups in total. The Morgan fingerprint density at radius 3 is 1.70 bits per heavy atom. The lowest BCUT2D eigenvalue weighted by molar-refractivity contribution is -0.144. The van der Waals surface area contributed by atoms with Gasteiger partial charge in [0.2, 0.25) is 35.4 Å². The lowest BCUT2D eigenvalue weighted by Crippen LogP contribution is -2.61. The van der Waals surface area contributed by atoms with Gasteiger partial charge in [0.25, 0.3) is 0 Å². The van der Waals surface area contributed by atoms with Crippen molar-refractivity contribution in [3.63, 3.8) is 0 Å². The Labute approximate surface area is 265 Å². The number of rotatable bonds is 20. The molecule has 1 aromatic rings. The van der Waals surface area contributed by atoms with E-state index in [4.69, 9.17) is 11.5 Å². The van der Waals surface area contributed by atoms with Gasteiger partial charge in [0.1, 0.15) is 30.2 Å². The number of H-pyrrole nitrogens is 1. The van der Waals surface area contributed by atoms with Crippen LogP contribution in [0.1, 0.15) is 46.2 Å². The number of aromatic amines is 1. The first kappa shape index (κ1) is 39.4. The van der Waals surface area contributed by atoms with Crippen molar-refractivity contribution >= 4 is 41.4 Å². The Morgan fingerprint density at radius 2 is 1.28 bits per heavy atom. The topological polar surface area (TPSA) is 321 Å². The number of carboxylic acid groups (broad SMARTS) is 1. The summed E-state index contributed by atoms with van der Waals surface area (Å²) in [5.41, 5.74) is 11.4. The molecule has 19 heteroatoms. The van der Waals surface area contributed by atoms with Crippen molar-refractivity contribution in [2.24, 2.45) is 23.3 Å². The number of hydrogen-bond acceptors (Lipinski definition) is 11. The molecule has 0 radical (unpaired) electrons. The number of primary amides is 1. The zero-order chi connectivity index (χ0) is 35.1. The number of nitrogens with two attached hydrogens (primary N) is 2. The van der Waals surface area contributed by atoms with E-state index in [1.807, 2.05) is 19.2 Å². The maximum absolute atomic E-state index is 13.3. The standard InChI is InChI=1S/C27H45N9O10/c1-12(2)5-15(28)22(40)36-21(13(3)4)26(44)32-16(6-14-8-30-11-31-14)23(41)34-19(10-38)25(43)35-18(9-37)24(42)33-17(27(45)46)7-20(29)39/h8,11-13,15-19,21,37-38H,5-7,9-10,28H2,1-4H3,(H2,29,39)(H,30,31)(H,32,44)(H,33,42)(H,34,41)(H,35,43)(H,36,40)(H,45,46)/t15-,16-,17-,18-,19-,21-/m0/s1. The zero-order valence-corrected chi connectivity index (χ0v) is 26.1. The summed E-state index contributed by atoms with van der Waals surface area (Å²) in [6.07, 6.45) is 2.18. The van der Waals surface area contributed by atoms with Crippen LogP contribution < -0.4 is 38.1 Å². The van der Waals surface area contributed by atoms with E-state index in [1.165, 1.54) is 12.5 Å². The van der Waals surface area contributed by atoms with Crippen LogP contribution in [0.3, 0.4) is 0 Å². The molecule has 0 aliphatic heterocycles. The highest BCUT2D eigenvalue weighted by Gasteiger charge is 2.34. The van der Waals surface area contributed by atoms with Gasteiger partial charge in [-0.25, -0.2) is 9.78 Å². The van der Waals surface area contributed by atoms with Gasteiger partial charge >= 0.3 is 5.97 Å². The summed E-state index contributed by atoms with van der Waals surface area (Å²) >= 11 is 0. The van der Waals surface area contributed by atoms with Gasteiger partial charge in [-0.2, -0.15) is 0 Å². The molecule has 0 unspecified atom stereocenters. The number of aliphatic hydroxyl groups excluding tert-OH is 2. The molecule has 46 heavy (non-hydrogen) atoms. The minimum atomic E-state index is -1.75. The van der Waals surface area contributed by atoms with E-state index in [0.29, 0.717) is 12.1 Å². The average Bonchev–Trinajstić information content (AvgIpc) is 3.48. The SMILES string of the molecule is CC(C)C[C@H](N)C(=O)N[C@H](C(=O)N[C@@H](Cc1cnc[nH]1)C(=O)N[C@@H](CO)C(=O)N[C@@H](CO)C(=O)N[C@@H](CC(N)=O)C(=O)O)C(C)C. The van der Waals surface area contributed by atoms with Crippen molar-refractivity contribution in [1.29, 1.82) is 0 Å². The number of carbonyl (C=O) groups excluding carboxylic acids is 6. The molecule has 0 spiro atoms. The summed E-state index contributed by atoms with van der Waals surface area (Å²) in [5.74, 6) is -7.50. The number of nitrogens with zero attached hydrogens (tertiary/aromatic N) is 1. The number of amides is 6. The third-order valence-electron chi connectivity index (χ3n) is 6.57. The molecule has 6 atom stereocenters. The van der Waals surface area contributed by atoms with Crippen molar-refractivity contribution in [1.82, 2.24) is 36.6 Å². The third-order valence-corrected chi connectivity index (χ3v) is 6.57. The third kappa shape index (κ3) is 13.2. The van der Waals surface area contributed by atoms with Gasteiger partial charge in [-0.1, -0.05) is 27.7 Å². The number of hydrogen-bond donors (Lipinski definition) is 11. The first-order chi connectivity index (χ1) is 21.5. The van der Waals surface area contributed by atoms with E-state index in [0.717, 1.165) is 0 Å². The van der Waals surface area contributed by atoms with Crippen molar-refractivity contribution in [2.45, 2.75) is 83.2 Å². The van der Waals surface area contributed by atoms with E-state index in [9.17, 15) is 48.9 Å². The number of aliphatic carboxylic acids is 1. The Morgan fingerprint density at radius 1 is 0.783 bits per heavy atom. The highest BCUT2D eigenvalue weighted by molar-refractivity contribution is 5.97. The van der Waals surface area contributed by atoms with Gasteiger partial charge in [0, 0.05) is 18.3 Å². The predicted molar refractivity (Wildman–Crippen MR) is 160 cm³/mol. The van der Waals surface area contributed by atoms with Crippen LogP contribution >= 0.6 is 0 Å². The molecule has 6 amide bonds. The highest BCUT2D eigenvalue weighted by Crippen LogP contribution is 2.08. The monoisotopic (exact) mass is 655 g/mol. The molecule has 1 heterocycles. The normalized spacial score (nSPS) is 15.1. The summed E-state index contributed by atoms with van der Waals surface area (Å²) in [5, 5.41) is 40.1. The van der Waals surface area contributed by atoms with Gasteiger partial charge in [-0.15, -0.1) is 0 Å². The minimum absolute atomic E-state index is 0.122. The van der Waals surface area contributed by atoms with Crippen LogP contribution in [0.25, 0.3) is 0 Å². The fourth-order valence-electron chi connectivity index (χ4n) is 4.10. The summed E-state index contributed by atoms with van der Waals surface area (Å²) in [6.45, 7) is 5.12. The molecule has 19 nitrogen and oxygen atoms in total. The highest BCUT2D eigenvalue weighted by atomic mass is 16.4. The number of nitrogens with one attached hydrogen (secondary N) is 6. The first-order valence-electron chi connectivity index (χ1n) is 14.5. The molecular formula is C27H45N9O10. The Balaban J connectivity index is 3.09. The first-order valence-corrected chi connectivity index (χ1v) is 14.5. The van der Waals surface area contributed by atoms with E-state index in [-0.39, 0.29) is 12.3 Å². The lowest BCUT2D eigenvalue weighted by Gasteiger charge is -2.27. The summed E-state index contributed by atoms with van der Waals surface area (Å²) in [4.78, 5) is 93.8. The molecule has 0 aromatic carbocycles. The maximum Gasteiger partial charge on any atom is 0.326 e. The smallest absolute Gasteiger partial charge is 0.326 e. The van der Waals surface area contributed by atoms with E-state index >= 15 is 0 Å². The minimum Gasteiger partial charge on any atom is -0.480 e. The van der Waals surface area contributed by atoms with Crippen LogP contribution in [0.4, 0.5) is 0 Å². The van der Waals surface area contributed by atoms with Crippen LogP contribution in [0.2, 0.25) is 0 Å². The van der Waals surface area contributed by atoms with Crippen LogP contribution in [-0.2, 0) is 40.0 Å². The van der Waals surface area contributed by atoms with E-state index in [2.05, 4.69) is 31.2 Å². The van der Waals surface area contributed by atoms with Crippen LogP contribution in [0.15, 0.2) is 12.5 Å². The fraction of sp³-hybridized carbons (Fsp3) is 0.630. The number of aliphatic hydroxyl groups is 2. The Bertz CT molecular complexity index is 1210. The summed E-state index contributed by atoms with van der Waals surface area (Å²) in [6, 6.07) is -8.52. The Kier molecular flexibility index (Phi) is 16.3.